The van der Waals surface area contributed by atoms with Crippen LogP contribution in [0, 0.1) is 0 Å². The third-order valence-electron chi connectivity index (χ3n) is 1.88. The normalized spacial score (nSPS) is 8.93. The van der Waals surface area contributed by atoms with E-state index in [1.54, 1.807) is 46.0 Å². The molecule has 0 fully saturated rings. The first-order valence-corrected chi connectivity index (χ1v) is 6.14. The average molecular weight is 424 g/mol. The number of rotatable bonds is 1. The summed E-state index contributed by atoms with van der Waals surface area (Å²) < 4.78 is 4.19. The van der Waals surface area contributed by atoms with Gasteiger partial charge in [0.1, 0.15) is 46.0 Å². The van der Waals surface area contributed by atoms with Gasteiger partial charge in [-0.15, -0.1) is 0 Å². The van der Waals surface area contributed by atoms with Crippen LogP contribution in [0.15, 0.2) is 60.7 Å². The maximum atomic E-state index is 4.19. The summed E-state index contributed by atoms with van der Waals surface area (Å²) in [6, 6.07) is 20.8. The maximum Gasteiger partial charge on any atom is 0.124 e. The standard InChI is InChI=1S/C12H10.I2O/c1-3-7-11(8-4-1)12-9-5-2-6-10-12;1-3-2/h1-10H;. The third-order valence-corrected chi connectivity index (χ3v) is 1.88. The molecule has 0 N–H and O–H groups in total. The molecule has 78 valence electrons. The average Bonchev–Trinajstić information content (AvgIpc) is 2.32. The Balaban J connectivity index is 0.000000337. The van der Waals surface area contributed by atoms with Crippen LogP contribution < -0.4 is 0 Å². The fraction of sp³-hybridized carbons (Fsp3) is 0. The Morgan fingerprint density at radius 3 is 1.13 bits per heavy atom. The van der Waals surface area contributed by atoms with Gasteiger partial charge >= 0.3 is 0 Å². The molecule has 15 heavy (non-hydrogen) atoms. The fourth-order valence-electron chi connectivity index (χ4n) is 1.26. The monoisotopic (exact) mass is 424 g/mol. The molecular weight excluding hydrogens is 414 g/mol. The van der Waals surface area contributed by atoms with Crippen LogP contribution in [0.2, 0.25) is 0 Å². The fourth-order valence-corrected chi connectivity index (χ4v) is 1.26. The number of halogens is 2. The molecule has 3 heteroatoms. The van der Waals surface area contributed by atoms with Crippen molar-refractivity contribution in [2.24, 2.45) is 0 Å². The van der Waals surface area contributed by atoms with E-state index in [0.717, 1.165) is 0 Å². The van der Waals surface area contributed by atoms with Gasteiger partial charge in [0.15, 0.2) is 0 Å². The quantitative estimate of drug-likeness (QED) is 0.583. The van der Waals surface area contributed by atoms with Gasteiger partial charge in [-0.1, -0.05) is 60.7 Å². The van der Waals surface area contributed by atoms with Crippen molar-refractivity contribution in [1.29, 1.82) is 0 Å². The van der Waals surface area contributed by atoms with Gasteiger partial charge in [-0.05, 0) is 11.1 Å². The summed E-state index contributed by atoms with van der Waals surface area (Å²) in [5.41, 5.74) is 2.55. The topological polar surface area (TPSA) is 9.23 Å². The van der Waals surface area contributed by atoms with Crippen LogP contribution in [0.5, 0.6) is 0 Å². The van der Waals surface area contributed by atoms with Crippen molar-refractivity contribution in [2.45, 2.75) is 0 Å². The smallest absolute Gasteiger partial charge is 0.124 e. The molecule has 0 spiro atoms. The number of hydrogen-bond donors (Lipinski definition) is 0. The van der Waals surface area contributed by atoms with Gasteiger partial charge in [0.2, 0.25) is 0 Å². The minimum Gasteiger partial charge on any atom is -0.247 e. The van der Waals surface area contributed by atoms with E-state index in [-0.39, 0.29) is 0 Å². The molecule has 0 aliphatic carbocycles. The van der Waals surface area contributed by atoms with E-state index >= 15 is 0 Å². The van der Waals surface area contributed by atoms with Gasteiger partial charge < -0.3 is 0 Å². The van der Waals surface area contributed by atoms with Crippen LogP contribution in [-0.4, -0.2) is 0 Å². The minimum absolute atomic E-state index is 1.28. The predicted molar refractivity (Wildman–Crippen MR) is 81.0 cm³/mol. The highest BCUT2D eigenvalue weighted by atomic mass is 127. The second-order valence-corrected chi connectivity index (χ2v) is 5.36. The first-order valence-electron chi connectivity index (χ1n) is 4.38. The van der Waals surface area contributed by atoms with Crippen molar-refractivity contribution in [3.8, 4) is 11.1 Å². The zero-order chi connectivity index (χ0) is 10.9. The van der Waals surface area contributed by atoms with Gasteiger partial charge in [-0.3, -0.25) is 0 Å². The Kier molecular flexibility index (Phi) is 6.95. The SMILES string of the molecule is IOI.c1ccc(-c2ccccc2)cc1. The molecule has 2 aromatic carbocycles. The van der Waals surface area contributed by atoms with Gasteiger partial charge in [0, 0.05) is 0 Å². The summed E-state index contributed by atoms with van der Waals surface area (Å²) in [6.07, 6.45) is 0. The molecule has 2 aromatic rings. The largest absolute Gasteiger partial charge is 0.247 e. The summed E-state index contributed by atoms with van der Waals surface area (Å²) in [5.74, 6) is 0. The van der Waals surface area contributed by atoms with Crippen molar-refractivity contribution in [3.05, 3.63) is 60.7 Å². The van der Waals surface area contributed by atoms with Crippen molar-refractivity contribution in [1.82, 2.24) is 0 Å². The first kappa shape index (κ1) is 12.9. The molecule has 2 rings (SSSR count). The van der Waals surface area contributed by atoms with E-state index in [1.165, 1.54) is 11.1 Å². The van der Waals surface area contributed by atoms with Crippen molar-refractivity contribution in [2.75, 3.05) is 0 Å². The molecule has 0 bridgehead atoms. The molecule has 0 saturated heterocycles. The van der Waals surface area contributed by atoms with E-state index in [2.05, 4.69) is 49.9 Å². The lowest BCUT2D eigenvalue weighted by atomic mass is 10.1. The lowest BCUT2D eigenvalue weighted by Crippen LogP contribution is -1.73. The van der Waals surface area contributed by atoms with Crippen LogP contribution in [0.4, 0.5) is 0 Å². The van der Waals surface area contributed by atoms with Crippen LogP contribution in [-0.2, 0) is 1.40 Å². The van der Waals surface area contributed by atoms with E-state index in [0.29, 0.717) is 0 Å². The second kappa shape index (κ2) is 8.06. The van der Waals surface area contributed by atoms with Crippen LogP contribution in [0.25, 0.3) is 11.1 Å². The van der Waals surface area contributed by atoms with Crippen LogP contribution in [0.3, 0.4) is 0 Å². The molecule has 1 nitrogen and oxygen atoms in total. The highest BCUT2D eigenvalue weighted by molar-refractivity contribution is 14.2. The molecule has 0 unspecified atom stereocenters. The summed E-state index contributed by atoms with van der Waals surface area (Å²) in [6.45, 7) is 0. The van der Waals surface area contributed by atoms with E-state index < -0.39 is 0 Å². The Morgan fingerprint density at radius 2 is 0.867 bits per heavy atom. The van der Waals surface area contributed by atoms with Crippen molar-refractivity contribution in [3.63, 3.8) is 0 Å². The Morgan fingerprint density at radius 1 is 0.600 bits per heavy atom. The molecule has 0 aliphatic rings. The predicted octanol–water partition coefficient (Wildman–Crippen LogP) is 5.06. The van der Waals surface area contributed by atoms with E-state index in [1.807, 2.05) is 12.1 Å². The lowest BCUT2D eigenvalue weighted by Gasteiger charge is -1.98. The molecule has 0 radical (unpaired) electrons. The van der Waals surface area contributed by atoms with Crippen molar-refractivity contribution >= 4 is 46.0 Å². The van der Waals surface area contributed by atoms with Gasteiger partial charge in [0.05, 0.1) is 0 Å². The molecule has 0 heterocycles. The van der Waals surface area contributed by atoms with Crippen LogP contribution >= 0.6 is 46.0 Å². The molecule has 0 aliphatic heterocycles. The van der Waals surface area contributed by atoms with E-state index in [9.17, 15) is 0 Å². The molecule has 0 amide bonds. The Labute approximate surface area is 118 Å². The third kappa shape index (κ3) is 4.94. The number of hydrogen-bond acceptors (Lipinski definition) is 1. The zero-order valence-electron chi connectivity index (χ0n) is 7.94. The molecule has 0 saturated carbocycles. The summed E-state index contributed by atoms with van der Waals surface area (Å²) in [5, 5.41) is 0. The molecule has 0 atom stereocenters. The van der Waals surface area contributed by atoms with E-state index in [4.69, 9.17) is 0 Å². The highest BCUT2D eigenvalue weighted by Gasteiger charge is 1.91. The van der Waals surface area contributed by atoms with Crippen LogP contribution in [0.1, 0.15) is 0 Å². The lowest BCUT2D eigenvalue weighted by molar-refractivity contribution is 0.932. The Hall–Kier alpha value is -0.140. The molecule has 0 aromatic heterocycles. The maximum absolute atomic E-state index is 4.19. The molecular formula is C12H10I2O. The van der Waals surface area contributed by atoms with Crippen molar-refractivity contribution < 1.29 is 1.40 Å². The van der Waals surface area contributed by atoms with Gasteiger partial charge in [-0.25, -0.2) is 1.40 Å². The Bertz CT molecular complexity index is 324. The van der Waals surface area contributed by atoms with Gasteiger partial charge in [0.25, 0.3) is 0 Å². The summed E-state index contributed by atoms with van der Waals surface area (Å²) >= 11 is 3.55. The highest BCUT2D eigenvalue weighted by Crippen LogP contribution is 2.17. The summed E-state index contributed by atoms with van der Waals surface area (Å²) in [7, 11) is 0. The zero-order valence-corrected chi connectivity index (χ0v) is 12.3. The summed E-state index contributed by atoms with van der Waals surface area (Å²) in [4.78, 5) is 0. The van der Waals surface area contributed by atoms with Gasteiger partial charge in [-0.2, -0.15) is 0 Å². The minimum atomic E-state index is 1.28. The number of benzene rings is 2. The second-order valence-electron chi connectivity index (χ2n) is 2.79. The first-order chi connectivity index (χ1) is 7.38.